The summed E-state index contributed by atoms with van der Waals surface area (Å²) >= 11 is 5.85. The first-order chi connectivity index (χ1) is 22.8. The van der Waals surface area contributed by atoms with E-state index in [-0.39, 0.29) is 18.5 Å². The second kappa shape index (κ2) is 14.8. The number of hydrogen-bond acceptors (Lipinski definition) is 8. The molecule has 4 saturated carbocycles. The summed E-state index contributed by atoms with van der Waals surface area (Å²) in [4.78, 5) is 45.3. The number of aliphatic hydroxyl groups excluding tert-OH is 1. The van der Waals surface area contributed by atoms with Crippen LogP contribution in [-0.2, 0) is 41.5 Å². The van der Waals surface area contributed by atoms with Gasteiger partial charge < -0.3 is 25.5 Å². The first-order valence-electron chi connectivity index (χ1n) is 16.1. The lowest BCUT2D eigenvalue weighted by Gasteiger charge is -2.54. The van der Waals surface area contributed by atoms with Crippen LogP contribution in [0.4, 0.5) is 5.69 Å². The predicted octanol–water partition coefficient (Wildman–Crippen LogP) is 2.89. The van der Waals surface area contributed by atoms with Gasteiger partial charge in [-0.25, -0.2) is 17.9 Å². The van der Waals surface area contributed by atoms with Gasteiger partial charge in [-0.3, -0.25) is 15.0 Å². The van der Waals surface area contributed by atoms with Gasteiger partial charge in [0, 0.05) is 24.3 Å². The Morgan fingerprint density at radius 3 is 2.12 bits per heavy atom. The molecule has 0 aromatic heterocycles. The number of hydrogen-bond donors (Lipinski definition) is 6. The molecule has 260 valence electrons. The Hall–Kier alpha value is -3.72. The van der Waals surface area contributed by atoms with E-state index in [9.17, 15) is 27.9 Å². The lowest BCUT2D eigenvalue weighted by molar-refractivity contribution is -0.176. The maximum Gasteiger partial charge on any atom is 0.338 e. The van der Waals surface area contributed by atoms with Crippen molar-refractivity contribution in [3.63, 3.8) is 0 Å². The lowest BCUT2D eigenvalue weighted by atomic mass is 9.49. The highest BCUT2D eigenvalue weighted by Gasteiger charge is 2.55. The maximum absolute atomic E-state index is 13.0. The fourth-order valence-electron chi connectivity index (χ4n) is 7.62. The summed E-state index contributed by atoms with van der Waals surface area (Å²) in [6, 6.07) is 10.6. The molecule has 2 aromatic carbocycles. The van der Waals surface area contributed by atoms with Crippen molar-refractivity contribution in [2.24, 2.45) is 23.2 Å². The molecule has 2 aromatic rings. The molecule has 2 atom stereocenters. The van der Waals surface area contributed by atoms with Crippen LogP contribution >= 0.6 is 11.6 Å². The van der Waals surface area contributed by atoms with Crippen LogP contribution in [0.25, 0.3) is 0 Å². The van der Waals surface area contributed by atoms with Gasteiger partial charge in [0.1, 0.15) is 12.1 Å². The molecule has 2 amide bonds. The number of halogens is 1. The van der Waals surface area contributed by atoms with Gasteiger partial charge in [-0.15, -0.1) is 0 Å². The number of likely N-dealkylation sites (N-methyl/N-ethyl adjacent to an activating group) is 1. The minimum absolute atomic E-state index is 0.140. The number of carbonyl (C=O) groups excluding carboxylic acids is 3. The van der Waals surface area contributed by atoms with Crippen LogP contribution in [0.15, 0.2) is 48.5 Å². The highest BCUT2D eigenvalue weighted by molar-refractivity contribution is 7.88. The molecule has 0 spiro atoms. The zero-order chi connectivity index (χ0) is 34.6. The zero-order valence-corrected chi connectivity index (χ0v) is 28.6. The summed E-state index contributed by atoms with van der Waals surface area (Å²) in [5, 5.41) is 24.0. The quantitative estimate of drug-likeness (QED) is 0.110. The van der Waals surface area contributed by atoms with E-state index in [1.807, 2.05) is 0 Å². The van der Waals surface area contributed by atoms with Crippen LogP contribution in [-0.4, -0.2) is 67.9 Å². The summed E-state index contributed by atoms with van der Waals surface area (Å²) in [5.74, 6) is -0.308. The van der Waals surface area contributed by atoms with E-state index < -0.39 is 51.7 Å². The molecule has 4 bridgehead atoms. The fourth-order valence-corrected chi connectivity index (χ4v) is 9.07. The van der Waals surface area contributed by atoms with Crippen molar-refractivity contribution in [1.29, 1.82) is 5.41 Å². The van der Waals surface area contributed by atoms with Gasteiger partial charge in [0.2, 0.25) is 27.8 Å². The summed E-state index contributed by atoms with van der Waals surface area (Å²) < 4.78 is 27.5. The number of rotatable bonds is 12. The van der Waals surface area contributed by atoms with Crippen molar-refractivity contribution >= 4 is 51.1 Å². The van der Waals surface area contributed by atoms with Gasteiger partial charge in [0.05, 0.1) is 17.8 Å². The molecule has 0 unspecified atom stereocenters. The smallest absolute Gasteiger partial charge is 0.338 e. The Morgan fingerprint density at radius 2 is 1.56 bits per heavy atom. The second-order valence-electron chi connectivity index (χ2n) is 13.5. The molecule has 0 saturated heterocycles. The van der Waals surface area contributed by atoms with E-state index >= 15 is 0 Å². The van der Waals surface area contributed by atoms with Crippen LogP contribution in [0.3, 0.4) is 0 Å². The first kappa shape index (κ1) is 35.6. The van der Waals surface area contributed by atoms with Crippen LogP contribution in [0, 0.1) is 28.6 Å². The predicted molar refractivity (Wildman–Crippen MR) is 180 cm³/mol. The number of guanidine groups is 1. The SMILES string of the molecule is C[C@@H](C(=O)NCc1ccc(NC(=N)NOC(=O)C23CC4CC(CC(C4)C2)C3)cc1)N(C)C(=O)[C@@H](CO)NS(=O)(=O)Cc1ccc(Cl)cc1. The number of nitrogens with one attached hydrogen (secondary N) is 5. The number of nitrogens with zero attached hydrogens (tertiary/aromatic N) is 1. The molecular formula is C33H43ClN6O7S. The molecule has 0 aliphatic heterocycles. The van der Waals surface area contributed by atoms with Crippen LogP contribution in [0.1, 0.15) is 56.6 Å². The number of sulfonamides is 1. The summed E-state index contributed by atoms with van der Waals surface area (Å²) in [6.07, 6.45) is 6.28. The molecule has 4 fully saturated rings. The Labute approximate surface area is 285 Å². The van der Waals surface area contributed by atoms with E-state index in [0.29, 0.717) is 34.0 Å². The van der Waals surface area contributed by atoms with E-state index in [0.717, 1.165) is 29.7 Å². The standard InChI is InChI=1S/C33H43ClN6O7S/c1-20(40(2)30(43)28(18-41)39-48(45,46)19-22-3-7-26(34)8-4-22)29(42)36-17-21-5-9-27(10-6-21)37-32(35)38-47-31(44)33-14-23-11-24(15-33)13-25(12-23)16-33/h3-10,20,23-25,28,39,41H,11-19H2,1-2H3,(H,36,42)(H3,35,37,38)/t20-,23?,24?,25?,28+,33?/m0/s1. The van der Waals surface area contributed by atoms with E-state index in [4.69, 9.17) is 21.8 Å². The number of carbonyl (C=O) groups is 3. The molecule has 15 heteroatoms. The fraction of sp³-hybridized carbons (Fsp3) is 0.515. The monoisotopic (exact) mass is 702 g/mol. The molecule has 6 rings (SSSR count). The van der Waals surface area contributed by atoms with Crippen molar-refractivity contribution in [1.82, 2.24) is 20.4 Å². The third kappa shape index (κ3) is 8.65. The lowest BCUT2D eigenvalue weighted by Crippen LogP contribution is -2.54. The molecule has 4 aliphatic rings. The minimum atomic E-state index is -4.00. The van der Waals surface area contributed by atoms with E-state index in [1.54, 1.807) is 48.5 Å². The van der Waals surface area contributed by atoms with Crippen molar-refractivity contribution in [3.05, 3.63) is 64.7 Å². The topological polar surface area (TPSA) is 190 Å². The molecule has 13 nitrogen and oxygen atoms in total. The van der Waals surface area contributed by atoms with Crippen molar-refractivity contribution < 1.29 is 32.7 Å². The van der Waals surface area contributed by atoms with Crippen LogP contribution in [0.2, 0.25) is 5.02 Å². The summed E-state index contributed by atoms with van der Waals surface area (Å²) in [7, 11) is -2.65. The summed E-state index contributed by atoms with van der Waals surface area (Å²) in [5.41, 5.74) is 3.79. The molecule has 0 radical (unpaired) electrons. The first-order valence-corrected chi connectivity index (χ1v) is 18.1. The number of amides is 2. The Morgan fingerprint density at radius 1 is 1.00 bits per heavy atom. The van der Waals surface area contributed by atoms with Gasteiger partial charge >= 0.3 is 5.97 Å². The van der Waals surface area contributed by atoms with Gasteiger partial charge in [0.25, 0.3) is 0 Å². The molecule has 4 aliphatic carbocycles. The molecule has 6 N–H and O–H groups in total. The largest absolute Gasteiger partial charge is 0.394 e. The number of aliphatic hydroxyl groups is 1. The number of anilines is 1. The molecular weight excluding hydrogens is 660 g/mol. The van der Waals surface area contributed by atoms with Crippen molar-refractivity contribution in [3.8, 4) is 0 Å². The Kier molecular flexibility index (Phi) is 11.0. The molecule has 48 heavy (non-hydrogen) atoms. The number of hydroxylamine groups is 1. The Balaban J connectivity index is 1.05. The molecule has 0 heterocycles. The average Bonchev–Trinajstić information content (AvgIpc) is 3.05. The highest BCUT2D eigenvalue weighted by Crippen LogP contribution is 2.60. The summed E-state index contributed by atoms with van der Waals surface area (Å²) in [6.45, 7) is 0.835. The van der Waals surface area contributed by atoms with Crippen molar-refractivity contribution in [2.75, 3.05) is 19.0 Å². The van der Waals surface area contributed by atoms with E-state index in [2.05, 4.69) is 20.8 Å². The third-order valence-electron chi connectivity index (χ3n) is 9.79. The van der Waals surface area contributed by atoms with E-state index in [1.165, 1.54) is 33.2 Å². The van der Waals surface area contributed by atoms with Gasteiger partial charge in [0.15, 0.2) is 0 Å². The van der Waals surface area contributed by atoms with Gasteiger partial charge in [-0.1, -0.05) is 35.9 Å². The van der Waals surface area contributed by atoms with Gasteiger partial charge in [-0.2, -0.15) is 5.48 Å². The highest BCUT2D eigenvalue weighted by atomic mass is 35.5. The maximum atomic E-state index is 13.0. The zero-order valence-electron chi connectivity index (χ0n) is 27.0. The third-order valence-corrected chi connectivity index (χ3v) is 11.4. The van der Waals surface area contributed by atoms with Crippen LogP contribution in [0.5, 0.6) is 0 Å². The number of benzene rings is 2. The van der Waals surface area contributed by atoms with Crippen molar-refractivity contribution in [2.45, 2.75) is 69.8 Å². The normalized spacial score (nSPS) is 23.9. The Bertz CT molecular complexity index is 1580. The minimum Gasteiger partial charge on any atom is -0.394 e. The van der Waals surface area contributed by atoms with Crippen LogP contribution < -0.4 is 20.8 Å². The second-order valence-corrected chi connectivity index (χ2v) is 15.7. The average molecular weight is 703 g/mol. The van der Waals surface area contributed by atoms with Gasteiger partial charge in [-0.05, 0) is 98.6 Å².